The molecule has 0 radical (unpaired) electrons. The molecule has 0 N–H and O–H groups in total. The van der Waals surface area contributed by atoms with Gasteiger partial charge in [-0.15, -0.1) is 0 Å². The number of hydrogen-bond donors (Lipinski definition) is 0. The number of nitrogens with zero attached hydrogens (tertiary/aromatic N) is 4. The van der Waals surface area contributed by atoms with Gasteiger partial charge in [-0.2, -0.15) is 18.4 Å². The Hall–Kier alpha value is -3.32. The van der Waals surface area contributed by atoms with Crippen LogP contribution >= 0.6 is 12.2 Å². The number of alkyl halides is 3. The van der Waals surface area contributed by atoms with E-state index in [4.69, 9.17) is 22.2 Å². The zero-order valence-corrected chi connectivity index (χ0v) is 18.3. The Bertz CT molecular complexity index is 1170. The molecule has 0 unspecified atom stereocenters. The van der Waals surface area contributed by atoms with Crippen molar-refractivity contribution >= 4 is 40.3 Å². The molecule has 1 saturated heterocycles. The second kappa shape index (κ2) is 7.38. The van der Waals surface area contributed by atoms with Gasteiger partial charge in [-0.3, -0.25) is 9.69 Å². The zero-order valence-electron chi connectivity index (χ0n) is 17.5. The number of carbonyl (C=O) groups excluding carboxylic acids is 1. The molecular weight excluding hydrogens is 441 g/mol. The first-order valence-electron chi connectivity index (χ1n) is 9.75. The lowest BCUT2D eigenvalue weighted by Gasteiger charge is -2.33. The lowest BCUT2D eigenvalue weighted by atomic mass is 10.0. The number of hydrogen-bond acceptors (Lipinski definition) is 5. The number of fused-ring (bicyclic) bond motifs is 1. The van der Waals surface area contributed by atoms with E-state index < -0.39 is 28.7 Å². The summed E-state index contributed by atoms with van der Waals surface area (Å²) in [5, 5.41) is 9.11. The molecule has 166 valence electrons. The highest BCUT2D eigenvalue weighted by molar-refractivity contribution is 7.81. The monoisotopic (exact) mass is 460 g/mol. The van der Waals surface area contributed by atoms with Crippen LogP contribution in [-0.4, -0.2) is 36.8 Å². The van der Waals surface area contributed by atoms with E-state index in [1.165, 1.54) is 6.07 Å². The fourth-order valence-corrected chi connectivity index (χ4v) is 4.46. The highest BCUT2D eigenvalue weighted by atomic mass is 32.1. The maximum atomic E-state index is 13.5. The van der Waals surface area contributed by atoms with Gasteiger partial charge >= 0.3 is 6.18 Å². The number of anilines is 3. The molecule has 0 atom stereocenters. The van der Waals surface area contributed by atoms with Crippen molar-refractivity contribution < 1.29 is 22.7 Å². The van der Waals surface area contributed by atoms with Crippen molar-refractivity contribution in [3.63, 3.8) is 0 Å². The first kappa shape index (κ1) is 21.9. The number of rotatable bonds is 2. The van der Waals surface area contributed by atoms with Crippen LogP contribution in [0, 0.1) is 11.3 Å². The lowest BCUT2D eigenvalue weighted by molar-refractivity contribution is -0.137. The number of nitriles is 1. The third-order valence-corrected chi connectivity index (χ3v) is 6.02. The van der Waals surface area contributed by atoms with Crippen LogP contribution in [0.1, 0.15) is 25.0 Å². The standard InChI is InChI=1S/C22H19F3N4O2S/c1-21(2)19(30)28(14-5-4-13(12-26)16(10-14)22(23,24)25)20(32)29(21)15-6-7-18-17(11-15)27(3)8-9-31-18/h4-7,10-11H,8-9H2,1-3H3. The van der Waals surface area contributed by atoms with Crippen molar-refractivity contribution in [3.05, 3.63) is 47.5 Å². The first-order valence-corrected chi connectivity index (χ1v) is 10.2. The molecule has 2 aliphatic rings. The third kappa shape index (κ3) is 3.33. The number of amides is 1. The molecule has 0 aromatic heterocycles. The topological polar surface area (TPSA) is 59.8 Å². The smallest absolute Gasteiger partial charge is 0.417 e. The van der Waals surface area contributed by atoms with E-state index in [2.05, 4.69) is 0 Å². The van der Waals surface area contributed by atoms with Crippen LogP contribution in [0.5, 0.6) is 5.75 Å². The fraction of sp³-hybridized carbons (Fsp3) is 0.318. The van der Waals surface area contributed by atoms with Gasteiger partial charge in [0.05, 0.1) is 35.1 Å². The summed E-state index contributed by atoms with van der Waals surface area (Å²) in [5.41, 5.74) is -1.37. The molecule has 32 heavy (non-hydrogen) atoms. The second-order valence-corrected chi connectivity index (χ2v) is 8.44. The predicted molar refractivity (Wildman–Crippen MR) is 118 cm³/mol. The van der Waals surface area contributed by atoms with Gasteiger partial charge in [0.1, 0.15) is 17.9 Å². The lowest BCUT2D eigenvalue weighted by Crippen LogP contribution is -2.44. The first-order chi connectivity index (χ1) is 15.0. The van der Waals surface area contributed by atoms with Gasteiger partial charge in [-0.05, 0) is 62.5 Å². The molecule has 6 nitrogen and oxygen atoms in total. The van der Waals surface area contributed by atoms with Crippen LogP contribution < -0.4 is 19.4 Å². The van der Waals surface area contributed by atoms with Gasteiger partial charge in [0, 0.05) is 12.7 Å². The van der Waals surface area contributed by atoms with Crippen molar-refractivity contribution in [3.8, 4) is 11.8 Å². The number of benzene rings is 2. The maximum absolute atomic E-state index is 13.5. The summed E-state index contributed by atoms with van der Waals surface area (Å²) in [6.45, 7) is 4.58. The van der Waals surface area contributed by atoms with Crippen molar-refractivity contribution in [2.45, 2.75) is 25.6 Å². The summed E-state index contributed by atoms with van der Waals surface area (Å²) in [5.74, 6) is 0.234. The second-order valence-electron chi connectivity index (χ2n) is 8.08. The molecule has 0 spiro atoms. The van der Waals surface area contributed by atoms with E-state index in [0.29, 0.717) is 24.6 Å². The molecule has 0 bridgehead atoms. The van der Waals surface area contributed by atoms with E-state index in [9.17, 15) is 18.0 Å². The van der Waals surface area contributed by atoms with E-state index >= 15 is 0 Å². The Balaban J connectivity index is 1.79. The van der Waals surface area contributed by atoms with Crippen LogP contribution in [0.25, 0.3) is 0 Å². The molecule has 2 aromatic carbocycles. The minimum absolute atomic E-state index is 0.0414. The molecular formula is C22H19F3N4O2S. The fourth-order valence-electron chi connectivity index (χ4n) is 3.94. The van der Waals surface area contributed by atoms with E-state index in [1.54, 1.807) is 36.9 Å². The van der Waals surface area contributed by atoms with Crippen LogP contribution in [0.3, 0.4) is 0 Å². The molecule has 1 amide bonds. The van der Waals surface area contributed by atoms with E-state index in [0.717, 1.165) is 22.7 Å². The normalized spacial score (nSPS) is 17.8. The summed E-state index contributed by atoms with van der Waals surface area (Å²) in [4.78, 5) is 18.0. The zero-order chi connectivity index (χ0) is 23.4. The average molecular weight is 460 g/mol. The Morgan fingerprint density at radius 2 is 1.84 bits per heavy atom. The Morgan fingerprint density at radius 3 is 2.50 bits per heavy atom. The minimum Gasteiger partial charge on any atom is -0.490 e. The van der Waals surface area contributed by atoms with Gasteiger partial charge < -0.3 is 14.5 Å². The average Bonchev–Trinajstić information content (AvgIpc) is 2.91. The summed E-state index contributed by atoms with van der Waals surface area (Å²) in [6.07, 6.45) is -4.75. The molecule has 4 rings (SSSR count). The quantitative estimate of drug-likeness (QED) is 0.622. The van der Waals surface area contributed by atoms with Crippen LogP contribution in [0.15, 0.2) is 36.4 Å². The Labute approximate surface area is 188 Å². The SMILES string of the molecule is CN1CCOc2ccc(N3C(=S)N(c4ccc(C#N)c(C(F)(F)F)c4)C(=O)C3(C)C)cc21. The van der Waals surface area contributed by atoms with Crippen LogP contribution in [-0.2, 0) is 11.0 Å². The molecule has 1 fully saturated rings. The van der Waals surface area contributed by atoms with E-state index in [-0.39, 0.29) is 10.8 Å². The molecule has 2 aliphatic heterocycles. The Morgan fingerprint density at radius 1 is 1.16 bits per heavy atom. The number of ether oxygens (including phenoxy) is 1. The van der Waals surface area contributed by atoms with Crippen molar-refractivity contribution in [1.29, 1.82) is 5.26 Å². The highest BCUT2D eigenvalue weighted by Gasteiger charge is 2.51. The number of halogens is 3. The van der Waals surface area contributed by atoms with Crippen LogP contribution in [0.2, 0.25) is 0 Å². The number of thiocarbonyl (C=S) groups is 1. The molecule has 0 saturated carbocycles. The Kier molecular flexibility index (Phi) is 5.05. The largest absolute Gasteiger partial charge is 0.490 e. The van der Waals surface area contributed by atoms with Gasteiger partial charge in [0.25, 0.3) is 5.91 Å². The summed E-state index contributed by atoms with van der Waals surface area (Å²) >= 11 is 5.57. The summed E-state index contributed by atoms with van der Waals surface area (Å²) < 4.78 is 46.1. The molecule has 10 heteroatoms. The van der Waals surface area contributed by atoms with E-state index in [1.807, 2.05) is 18.0 Å². The summed E-state index contributed by atoms with van der Waals surface area (Å²) in [6, 6.07) is 10.1. The number of likely N-dealkylation sites (N-methyl/N-ethyl adjacent to an activating group) is 1. The summed E-state index contributed by atoms with van der Waals surface area (Å²) in [7, 11) is 1.92. The number of carbonyl (C=O) groups is 1. The van der Waals surface area contributed by atoms with Crippen molar-refractivity contribution in [2.75, 3.05) is 34.9 Å². The van der Waals surface area contributed by atoms with Crippen molar-refractivity contribution in [2.24, 2.45) is 0 Å². The van der Waals surface area contributed by atoms with Gasteiger partial charge in [0.15, 0.2) is 5.11 Å². The maximum Gasteiger partial charge on any atom is 0.417 e. The predicted octanol–water partition coefficient (Wildman–Crippen LogP) is 4.32. The molecule has 0 aliphatic carbocycles. The molecule has 2 heterocycles. The highest BCUT2D eigenvalue weighted by Crippen LogP contribution is 2.42. The molecule has 2 aromatic rings. The van der Waals surface area contributed by atoms with Gasteiger partial charge in [-0.1, -0.05) is 0 Å². The van der Waals surface area contributed by atoms with Gasteiger partial charge in [0.2, 0.25) is 0 Å². The van der Waals surface area contributed by atoms with Gasteiger partial charge in [-0.25, -0.2) is 0 Å². The minimum atomic E-state index is -4.75. The van der Waals surface area contributed by atoms with Crippen molar-refractivity contribution in [1.82, 2.24) is 0 Å². The third-order valence-electron chi connectivity index (χ3n) is 5.65. The van der Waals surface area contributed by atoms with Crippen LogP contribution in [0.4, 0.5) is 30.2 Å².